The number of hydrogen-bond donors (Lipinski definition) is 0. The fourth-order valence-electron chi connectivity index (χ4n) is 3.36. The van der Waals surface area contributed by atoms with E-state index in [2.05, 4.69) is 15.0 Å². The first kappa shape index (κ1) is 21.4. The van der Waals surface area contributed by atoms with Crippen molar-refractivity contribution in [2.45, 2.75) is 12.8 Å². The van der Waals surface area contributed by atoms with Gasteiger partial charge in [-0.3, -0.25) is 24.6 Å². The monoisotopic (exact) mass is 434 g/mol. The van der Waals surface area contributed by atoms with E-state index in [-0.39, 0.29) is 12.4 Å². The molecule has 0 aromatic carbocycles. The molecule has 1 atom stereocenters. The Morgan fingerprint density at radius 2 is 1.91 bits per heavy atom. The Hall–Kier alpha value is -3.82. The average Bonchev–Trinajstić information content (AvgIpc) is 2.86. The first-order valence-corrected chi connectivity index (χ1v) is 9.79. The highest BCUT2D eigenvalue weighted by Crippen LogP contribution is 2.36. The maximum absolute atomic E-state index is 13.2. The molecule has 0 bridgehead atoms. The van der Waals surface area contributed by atoms with E-state index in [1.165, 1.54) is 25.5 Å². The van der Waals surface area contributed by atoms with Gasteiger partial charge in [-0.2, -0.15) is 0 Å². The predicted molar refractivity (Wildman–Crippen MR) is 116 cm³/mol. The molecule has 1 unspecified atom stereocenters. The maximum atomic E-state index is 13.2. The van der Waals surface area contributed by atoms with Gasteiger partial charge in [0.25, 0.3) is 0 Å². The van der Waals surface area contributed by atoms with Crippen LogP contribution in [0.3, 0.4) is 0 Å². The lowest BCUT2D eigenvalue weighted by Gasteiger charge is -2.36. The Labute approximate surface area is 185 Å². The van der Waals surface area contributed by atoms with Crippen LogP contribution in [0.1, 0.15) is 27.3 Å². The fourth-order valence-corrected chi connectivity index (χ4v) is 3.36. The van der Waals surface area contributed by atoms with E-state index < -0.39 is 6.23 Å². The second kappa shape index (κ2) is 9.54. The Kier molecular flexibility index (Phi) is 6.39. The number of methoxy groups -OCH3 is 2. The topological polar surface area (TPSA) is 95.9 Å². The van der Waals surface area contributed by atoms with Crippen molar-refractivity contribution in [2.24, 2.45) is 0 Å². The quantitative estimate of drug-likeness (QED) is 0.496. The molecule has 3 aromatic heterocycles. The van der Waals surface area contributed by atoms with Gasteiger partial charge < -0.3 is 14.2 Å². The van der Waals surface area contributed by atoms with Crippen LogP contribution in [-0.4, -0.2) is 48.3 Å². The lowest BCUT2D eigenvalue weighted by atomic mass is 10.0. The van der Waals surface area contributed by atoms with Crippen molar-refractivity contribution in [1.29, 1.82) is 0 Å². The molecule has 0 saturated carbocycles. The summed E-state index contributed by atoms with van der Waals surface area (Å²) in [6.45, 7) is 0.177. The van der Waals surface area contributed by atoms with Crippen molar-refractivity contribution in [3.05, 3.63) is 83.4 Å². The van der Waals surface area contributed by atoms with Gasteiger partial charge in [-0.05, 0) is 30.3 Å². The van der Waals surface area contributed by atoms with E-state index in [9.17, 15) is 4.79 Å². The second-order valence-electron chi connectivity index (χ2n) is 6.78. The summed E-state index contributed by atoms with van der Waals surface area (Å²) < 4.78 is 16.8. The maximum Gasteiger partial charge on any atom is 0.212 e. The first-order valence-electron chi connectivity index (χ1n) is 9.79. The number of fused-ring (bicyclic) bond motifs is 1. The zero-order valence-corrected chi connectivity index (χ0v) is 17.9. The molecule has 4 heterocycles. The summed E-state index contributed by atoms with van der Waals surface area (Å²) in [7, 11) is 4.62. The molecule has 0 saturated heterocycles. The third kappa shape index (κ3) is 4.16. The standard InChI is InChI=1S/C23H22N4O5/c1-29-17-7-6-16(26-13-17)14-32-23-20(30-2)11-19-21(27(23)31-3)18(8-10-25-19)22(28)15-5-4-9-24-12-15/h4-13,23H,14H2,1-3H3. The van der Waals surface area contributed by atoms with E-state index in [1.54, 1.807) is 56.0 Å². The van der Waals surface area contributed by atoms with Crippen molar-refractivity contribution in [3.63, 3.8) is 0 Å². The predicted octanol–water partition coefficient (Wildman–Crippen LogP) is 3.02. The van der Waals surface area contributed by atoms with Crippen LogP contribution in [0.2, 0.25) is 0 Å². The van der Waals surface area contributed by atoms with Crippen molar-refractivity contribution >= 4 is 17.5 Å². The number of ketones is 1. The Balaban J connectivity index is 1.68. The van der Waals surface area contributed by atoms with Gasteiger partial charge in [0, 0.05) is 30.2 Å². The second-order valence-corrected chi connectivity index (χ2v) is 6.78. The van der Waals surface area contributed by atoms with Crippen LogP contribution in [0.25, 0.3) is 6.08 Å². The molecule has 32 heavy (non-hydrogen) atoms. The number of nitrogens with zero attached hydrogens (tertiary/aromatic N) is 4. The van der Waals surface area contributed by atoms with Gasteiger partial charge in [-0.25, -0.2) is 5.06 Å². The number of ether oxygens (including phenoxy) is 3. The molecule has 9 heteroatoms. The normalized spacial score (nSPS) is 15.0. The number of pyridine rings is 3. The molecule has 4 rings (SSSR count). The molecule has 0 amide bonds. The smallest absolute Gasteiger partial charge is 0.212 e. The highest BCUT2D eigenvalue weighted by Gasteiger charge is 2.35. The summed E-state index contributed by atoms with van der Waals surface area (Å²) in [5, 5.41) is 1.48. The van der Waals surface area contributed by atoms with Crippen LogP contribution in [0.5, 0.6) is 5.75 Å². The molecule has 0 N–H and O–H groups in total. The van der Waals surface area contributed by atoms with Crippen LogP contribution in [0.15, 0.2) is 60.9 Å². The first-order chi connectivity index (χ1) is 15.7. The minimum absolute atomic E-state index is 0.177. The van der Waals surface area contributed by atoms with Gasteiger partial charge in [0.2, 0.25) is 6.23 Å². The summed E-state index contributed by atoms with van der Waals surface area (Å²) >= 11 is 0. The van der Waals surface area contributed by atoms with Crippen LogP contribution in [0, 0.1) is 0 Å². The van der Waals surface area contributed by atoms with Gasteiger partial charge in [0.15, 0.2) is 5.78 Å². The summed E-state index contributed by atoms with van der Waals surface area (Å²) in [6, 6.07) is 8.68. The van der Waals surface area contributed by atoms with E-state index in [1.807, 2.05) is 6.07 Å². The molecule has 3 aromatic rings. The molecular formula is C23H22N4O5. The minimum atomic E-state index is -0.758. The summed E-state index contributed by atoms with van der Waals surface area (Å²) in [6.07, 6.45) is 7.30. The SMILES string of the molecule is COC1=Cc2nccc(C(=O)c3cccnc3)c2N(OC)C1OCc1ccc(OC)cn1. The van der Waals surface area contributed by atoms with Gasteiger partial charge >= 0.3 is 0 Å². The fraction of sp³-hybridized carbons (Fsp3) is 0.217. The van der Waals surface area contributed by atoms with Gasteiger partial charge in [0.05, 0.1) is 51.1 Å². The zero-order chi connectivity index (χ0) is 22.5. The zero-order valence-electron chi connectivity index (χ0n) is 17.9. The van der Waals surface area contributed by atoms with Crippen molar-refractivity contribution in [1.82, 2.24) is 15.0 Å². The van der Waals surface area contributed by atoms with Crippen LogP contribution in [0.4, 0.5) is 5.69 Å². The lowest BCUT2D eigenvalue weighted by Crippen LogP contribution is -2.42. The number of rotatable bonds is 8. The summed E-state index contributed by atoms with van der Waals surface area (Å²) in [5.41, 5.74) is 2.57. The summed E-state index contributed by atoms with van der Waals surface area (Å²) in [4.78, 5) is 31.6. The highest BCUT2D eigenvalue weighted by molar-refractivity contribution is 6.13. The molecule has 1 aliphatic rings. The van der Waals surface area contributed by atoms with Gasteiger partial charge in [-0.15, -0.1) is 0 Å². The number of anilines is 1. The Morgan fingerprint density at radius 3 is 2.56 bits per heavy atom. The van der Waals surface area contributed by atoms with Crippen LogP contribution < -0.4 is 9.80 Å². The van der Waals surface area contributed by atoms with Gasteiger partial charge in [-0.1, -0.05) is 0 Å². The molecule has 9 nitrogen and oxygen atoms in total. The number of carbonyl (C=O) groups excluding carboxylic acids is 1. The van der Waals surface area contributed by atoms with Crippen LogP contribution >= 0.6 is 0 Å². The van der Waals surface area contributed by atoms with Crippen molar-refractivity contribution in [3.8, 4) is 5.75 Å². The van der Waals surface area contributed by atoms with Crippen LogP contribution in [-0.2, 0) is 20.9 Å². The molecule has 0 aliphatic carbocycles. The largest absolute Gasteiger partial charge is 0.496 e. The van der Waals surface area contributed by atoms with Crippen molar-refractivity contribution < 1.29 is 23.8 Å². The van der Waals surface area contributed by atoms with E-state index in [4.69, 9.17) is 19.0 Å². The third-order valence-corrected chi connectivity index (χ3v) is 4.93. The van der Waals surface area contributed by atoms with E-state index in [0.717, 1.165) is 0 Å². The number of hydrogen-bond acceptors (Lipinski definition) is 9. The average molecular weight is 434 g/mol. The Morgan fingerprint density at radius 1 is 1.03 bits per heavy atom. The number of hydroxylamine groups is 1. The summed E-state index contributed by atoms with van der Waals surface area (Å²) in [5.74, 6) is 0.927. The molecule has 0 fully saturated rings. The van der Waals surface area contributed by atoms with E-state index >= 15 is 0 Å². The number of carbonyl (C=O) groups is 1. The van der Waals surface area contributed by atoms with Gasteiger partial charge in [0.1, 0.15) is 17.2 Å². The third-order valence-electron chi connectivity index (χ3n) is 4.93. The molecule has 0 radical (unpaired) electrons. The minimum Gasteiger partial charge on any atom is -0.496 e. The number of aromatic nitrogens is 3. The molecule has 0 spiro atoms. The molecule has 164 valence electrons. The molecule has 1 aliphatic heterocycles. The van der Waals surface area contributed by atoms with E-state index in [0.29, 0.717) is 39.7 Å². The highest BCUT2D eigenvalue weighted by atomic mass is 16.7. The molecular weight excluding hydrogens is 412 g/mol. The Bertz CT molecular complexity index is 1120. The lowest BCUT2D eigenvalue weighted by molar-refractivity contribution is -0.0364. The van der Waals surface area contributed by atoms with Crippen molar-refractivity contribution in [2.75, 3.05) is 26.4 Å².